The summed E-state index contributed by atoms with van der Waals surface area (Å²) in [6, 6.07) is -0.934. The van der Waals surface area contributed by atoms with E-state index in [4.69, 9.17) is 10.5 Å². The minimum Gasteiger partial charge on any atom is -0.444 e. The van der Waals surface area contributed by atoms with Gasteiger partial charge < -0.3 is 21.1 Å². The van der Waals surface area contributed by atoms with Gasteiger partial charge in [0.25, 0.3) is 0 Å². The van der Waals surface area contributed by atoms with Gasteiger partial charge in [0.2, 0.25) is 11.8 Å². The van der Waals surface area contributed by atoms with E-state index in [1.165, 1.54) is 19.3 Å². The van der Waals surface area contributed by atoms with Gasteiger partial charge in [-0.15, -0.1) is 0 Å². The molecule has 0 radical (unpaired) electrons. The summed E-state index contributed by atoms with van der Waals surface area (Å²) < 4.78 is 5.14. The Hall–Kier alpha value is -1.79. The van der Waals surface area contributed by atoms with Gasteiger partial charge in [-0.2, -0.15) is 0 Å². The van der Waals surface area contributed by atoms with Crippen molar-refractivity contribution in [2.75, 3.05) is 0 Å². The minimum atomic E-state index is -1.01. The molecular weight excluding hydrogens is 310 g/mol. The molecule has 3 amide bonds. The Morgan fingerprint density at radius 1 is 1.08 bits per heavy atom. The molecule has 24 heavy (non-hydrogen) atoms. The molecule has 0 aromatic carbocycles. The quantitative estimate of drug-likeness (QED) is 0.710. The minimum absolute atomic E-state index is 0.0774. The molecule has 138 valence electrons. The van der Waals surface area contributed by atoms with Crippen LogP contribution in [0.25, 0.3) is 0 Å². The molecule has 1 aliphatic rings. The van der Waals surface area contributed by atoms with Gasteiger partial charge in [-0.3, -0.25) is 9.59 Å². The van der Waals surface area contributed by atoms with E-state index in [0.717, 1.165) is 25.7 Å². The van der Waals surface area contributed by atoms with Crippen LogP contribution in [0.15, 0.2) is 0 Å². The van der Waals surface area contributed by atoms with Crippen LogP contribution in [0.5, 0.6) is 0 Å². The number of ether oxygens (including phenoxy) is 1. The van der Waals surface area contributed by atoms with E-state index in [0.29, 0.717) is 0 Å². The van der Waals surface area contributed by atoms with Crippen molar-refractivity contribution in [1.29, 1.82) is 0 Å². The number of carbonyl (C=O) groups is 3. The Bertz CT molecular complexity index is 438. The van der Waals surface area contributed by atoms with Crippen LogP contribution < -0.4 is 16.4 Å². The molecule has 1 unspecified atom stereocenters. The van der Waals surface area contributed by atoms with E-state index in [1.807, 2.05) is 0 Å². The highest BCUT2D eigenvalue weighted by Gasteiger charge is 2.27. The molecule has 0 aromatic rings. The van der Waals surface area contributed by atoms with Crippen molar-refractivity contribution < 1.29 is 19.1 Å². The predicted octanol–water partition coefficient (Wildman–Crippen LogP) is 1.98. The summed E-state index contributed by atoms with van der Waals surface area (Å²) in [6.45, 7) is 5.18. The van der Waals surface area contributed by atoms with Crippen LogP contribution in [-0.4, -0.2) is 35.6 Å². The predicted molar refractivity (Wildman–Crippen MR) is 91.2 cm³/mol. The highest BCUT2D eigenvalue weighted by Crippen LogP contribution is 2.17. The van der Waals surface area contributed by atoms with Gasteiger partial charge >= 0.3 is 6.09 Å². The normalized spacial score (nSPS) is 18.0. The largest absolute Gasteiger partial charge is 0.444 e. The van der Waals surface area contributed by atoms with Crippen molar-refractivity contribution in [2.24, 2.45) is 5.73 Å². The number of hydrogen-bond acceptors (Lipinski definition) is 4. The van der Waals surface area contributed by atoms with Gasteiger partial charge in [-0.25, -0.2) is 4.79 Å². The average Bonchev–Trinajstić information content (AvgIpc) is 2.38. The Labute approximate surface area is 144 Å². The van der Waals surface area contributed by atoms with Gasteiger partial charge in [-0.1, -0.05) is 32.1 Å². The third kappa shape index (κ3) is 8.74. The lowest BCUT2D eigenvalue weighted by molar-refractivity contribution is -0.127. The molecule has 1 fully saturated rings. The van der Waals surface area contributed by atoms with Crippen LogP contribution in [-0.2, 0) is 14.3 Å². The van der Waals surface area contributed by atoms with E-state index in [1.54, 1.807) is 20.8 Å². The second kappa shape index (κ2) is 9.49. The topological polar surface area (TPSA) is 111 Å². The molecule has 1 atom stereocenters. The van der Waals surface area contributed by atoms with Gasteiger partial charge in [0.1, 0.15) is 11.6 Å². The number of rotatable bonds is 5. The van der Waals surface area contributed by atoms with Crippen molar-refractivity contribution in [3.8, 4) is 0 Å². The van der Waals surface area contributed by atoms with E-state index >= 15 is 0 Å². The van der Waals surface area contributed by atoms with Gasteiger partial charge in [0, 0.05) is 6.04 Å². The summed E-state index contributed by atoms with van der Waals surface area (Å²) in [6.07, 6.45) is 6.59. The monoisotopic (exact) mass is 341 g/mol. The Morgan fingerprint density at radius 2 is 1.62 bits per heavy atom. The van der Waals surface area contributed by atoms with Crippen molar-refractivity contribution in [1.82, 2.24) is 10.6 Å². The third-order valence-electron chi connectivity index (χ3n) is 3.86. The Balaban J connectivity index is 2.62. The Morgan fingerprint density at radius 3 is 2.12 bits per heavy atom. The molecule has 0 aliphatic heterocycles. The first-order valence-electron chi connectivity index (χ1n) is 8.75. The van der Waals surface area contributed by atoms with Crippen LogP contribution in [0.3, 0.4) is 0 Å². The molecule has 0 saturated heterocycles. The number of nitrogens with two attached hydrogens (primary N) is 1. The standard InChI is InChI=1S/C17H31N3O4/c1-17(2,3)24-16(23)20-13(11-14(18)21)15(22)19-12-9-7-5-4-6-8-10-12/h12-13H,4-11H2,1-3H3,(H2,18,21)(H,19,22)(H,20,23). The second-order valence-electron chi connectivity index (χ2n) is 7.42. The SMILES string of the molecule is CC(C)(C)OC(=O)NC(CC(N)=O)C(=O)NC1CCCCCCC1. The van der Waals surface area contributed by atoms with Crippen molar-refractivity contribution in [3.05, 3.63) is 0 Å². The first-order chi connectivity index (χ1) is 11.2. The summed E-state index contributed by atoms with van der Waals surface area (Å²) in [5.74, 6) is -1.03. The fourth-order valence-electron chi connectivity index (χ4n) is 2.76. The zero-order valence-corrected chi connectivity index (χ0v) is 15.0. The molecule has 0 aromatic heterocycles. The molecule has 0 bridgehead atoms. The molecule has 7 nitrogen and oxygen atoms in total. The van der Waals surface area contributed by atoms with Crippen LogP contribution >= 0.6 is 0 Å². The number of carbonyl (C=O) groups excluding carboxylic acids is 3. The number of hydrogen-bond donors (Lipinski definition) is 3. The first kappa shape index (κ1) is 20.3. The van der Waals surface area contributed by atoms with Crippen LogP contribution in [0.4, 0.5) is 4.79 Å². The first-order valence-corrected chi connectivity index (χ1v) is 8.75. The number of alkyl carbamates (subject to hydrolysis) is 1. The van der Waals surface area contributed by atoms with E-state index in [2.05, 4.69) is 10.6 Å². The Kier molecular flexibility index (Phi) is 8.01. The average molecular weight is 341 g/mol. The lowest BCUT2D eigenvalue weighted by atomic mass is 9.96. The lowest BCUT2D eigenvalue weighted by Crippen LogP contribution is -2.52. The molecule has 0 heterocycles. The van der Waals surface area contributed by atoms with E-state index < -0.39 is 23.6 Å². The molecule has 0 spiro atoms. The summed E-state index contributed by atoms with van der Waals surface area (Å²) in [5.41, 5.74) is 4.52. The van der Waals surface area contributed by atoms with Gasteiger partial charge in [0.05, 0.1) is 6.42 Å². The van der Waals surface area contributed by atoms with Crippen molar-refractivity contribution >= 4 is 17.9 Å². The fraction of sp³-hybridized carbons (Fsp3) is 0.824. The van der Waals surface area contributed by atoms with Gasteiger partial charge in [0.15, 0.2) is 0 Å². The maximum atomic E-state index is 12.5. The summed E-state index contributed by atoms with van der Waals surface area (Å²) in [4.78, 5) is 35.6. The van der Waals surface area contributed by atoms with Crippen molar-refractivity contribution in [2.45, 2.75) is 89.8 Å². The van der Waals surface area contributed by atoms with Crippen LogP contribution in [0.1, 0.15) is 72.1 Å². The third-order valence-corrected chi connectivity index (χ3v) is 3.86. The van der Waals surface area contributed by atoms with Crippen LogP contribution in [0, 0.1) is 0 Å². The zero-order chi connectivity index (χ0) is 18.2. The van der Waals surface area contributed by atoms with Crippen molar-refractivity contribution in [3.63, 3.8) is 0 Å². The summed E-state index contributed by atoms with van der Waals surface area (Å²) in [7, 11) is 0. The number of primary amides is 1. The fourth-order valence-corrected chi connectivity index (χ4v) is 2.76. The van der Waals surface area contributed by atoms with E-state index in [9.17, 15) is 14.4 Å². The summed E-state index contributed by atoms with van der Waals surface area (Å²) >= 11 is 0. The molecule has 1 rings (SSSR count). The molecular formula is C17H31N3O4. The number of nitrogens with one attached hydrogen (secondary N) is 2. The van der Waals surface area contributed by atoms with E-state index in [-0.39, 0.29) is 18.4 Å². The van der Waals surface area contributed by atoms with Crippen LogP contribution in [0.2, 0.25) is 0 Å². The highest BCUT2D eigenvalue weighted by atomic mass is 16.6. The summed E-state index contributed by atoms with van der Waals surface area (Å²) in [5, 5.41) is 5.39. The molecule has 4 N–H and O–H groups in total. The molecule has 1 aliphatic carbocycles. The second-order valence-corrected chi connectivity index (χ2v) is 7.42. The highest BCUT2D eigenvalue weighted by molar-refractivity contribution is 5.90. The molecule has 7 heteroatoms. The maximum absolute atomic E-state index is 12.5. The smallest absolute Gasteiger partial charge is 0.408 e. The zero-order valence-electron chi connectivity index (χ0n) is 15.0. The lowest BCUT2D eigenvalue weighted by Gasteiger charge is -2.25. The number of amides is 3. The van der Waals surface area contributed by atoms with Gasteiger partial charge in [-0.05, 0) is 33.6 Å². The maximum Gasteiger partial charge on any atom is 0.408 e. The molecule has 1 saturated carbocycles.